The Morgan fingerprint density at radius 3 is 2.48 bits per heavy atom. The van der Waals surface area contributed by atoms with Crippen molar-refractivity contribution in [2.45, 2.75) is 38.6 Å². The summed E-state index contributed by atoms with van der Waals surface area (Å²) in [6, 6.07) is 5.11. The van der Waals surface area contributed by atoms with E-state index < -0.39 is 5.91 Å². The zero-order valence-electron chi connectivity index (χ0n) is 17.7. The van der Waals surface area contributed by atoms with Gasteiger partial charge in [0.2, 0.25) is 0 Å². The van der Waals surface area contributed by atoms with Gasteiger partial charge in [-0.3, -0.25) is 9.59 Å². The number of halogens is 1. The van der Waals surface area contributed by atoms with Gasteiger partial charge in [0.15, 0.2) is 0 Å². The van der Waals surface area contributed by atoms with Crippen LogP contribution in [0.2, 0.25) is 5.02 Å². The van der Waals surface area contributed by atoms with E-state index in [2.05, 4.69) is 16.9 Å². The number of carbonyl (C=O) groups excluding carboxylic acids is 2. The summed E-state index contributed by atoms with van der Waals surface area (Å²) in [5.41, 5.74) is 13.0. The Kier molecular flexibility index (Phi) is 7.08. The van der Waals surface area contributed by atoms with Crippen molar-refractivity contribution >= 4 is 29.2 Å². The van der Waals surface area contributed by atoms with Crippen molar-refractivity contribution in [1.29, 1.82) is 0 Å². The summed E-state index contributed by atoms with van der Waals surface area (Å²) in [6.07, 6.45) is 3.05. The molecule has 9 heteroatoms. The monoisotopic (exact) mass is 443 g/mol. The third kappa shape index (κ3) is 4.78. The maximum atomic E-state index is 12.2. The first kappa shape index (κ1) is 22.5. The fourth-order valence-electron chi connectivity index (χ4n) is 3.90. The number of likely N-dealkylation sites (tertiary alicyclic amines) is 1. The summed E-state index contributed by atoms with van der Waals surface area (Å²) in [6.45, 7) is 2.89. The number of ether oxygens (including phenoxy) is 1. The van der Waals surface area contributed by atoms with Crippen LogP contribution in [0.1, 0.15) is 49.0 Å². The molecule has 0 atom stereocenters. The highest BCUT2D eigenvalue weighted by Crippen LogP contribution is 2.37. The van der Waals surface area contributed by atoms with Crippen LogP contribution in [0.25, 0.3) is 11.3 Å². The van der Waals surface area contributed by atoms with E-state index in [-0.39, 0.29) is 23.3 Å². The first-order valence-electron chi connectivity index (χ1n) is 10.1. The fourth-order valence-corrected chi connectivity index (χ4v) is 4.16. The molecule has 0 unspecified atom stereocenters. The predicted molar refractivity (Wildman–Crippen MR) is 120 cm³/mol. The van der Waals surface area contributed by atoms with Gasteiger partial charge in [-0.05, 0) is 56.7 Å². The lowest BCUT2D eigenvalue weighted by atomic mass is 10.0. The topological polar surface area (TPSA) is 116 Å². The Morgan fingerprint density at radius 2 is 1.94 bits per heavy atom. The number of hydrogen-bond acceptors (Lipinski definition) is 5. The fraction of sp³-hybridized carbons (Fsp3) is 0.409. The summed E-state index contributed by atoms with van der Waals surface area (Å²) >= 11 is 6.42. The van der Waals surface area contributed by atoms with Crippen molar-refractivity contribution in [3.63, 3.8) is 0 Å². The van der Waals surface area contributed by atoms with Crippen LogP contribution in [0, 0.1) is 11.8 Å². The second kappa shape index (κ2) is 9.75. The molecule has 0 bridgehead atoms. The maximum Gasteiger partial charge on any atom is 0.298 e. The van der Waals surface area contributed by atoms with Crippen LogP contribution >= 0.6 is 11.6 Å². The Labute approximate surface area is 186 Å². The molecule has 1 aromatic carbocycles. The summed E-state index contributed by atoms with van der Waals surface area (Å²) in [4.78, 5) is 26.1. The minimum atomic E-state index is -0.661. The Balaban J connectivity index is 1.91. The number of rotatable bonds is 4. The molecule has 2 aromatic rings. The molecular weight excluding hydrogens is 418 g/mol. The highest BCUT2D eigenvalue weighted by atomic mass is 35.5. The molecular formula is C22H26ClN5O3. The first-order chi connectivity index (χ1) is 14.9. The maximum absolute atomic E-state index is 12.2. The number of benzene rings is 1. The summed E-state index contributed by atoms with van der Waals surface area (Å²) in [5, 5.41) is 5.04. The van der Waals surface area contributed by atoms with Crippen LogP contribution < -0.4 is 16.2 Å². The smallest absolute Gasteiger partial charge is 0.298 e. The van der Waals surface area contributed by atoms with E-state index in [0.717, 1.165) is 25.7 Å². The van der Waals surface area contributed by atoms with E-state index >= 15 is 0 Å². The Morgan fingerprint density at radius 1 is 1.26 bits per heavy atom. The van der Waals surface area contributed by atoms with Gasteiger partial charge in [0.05, 0.1) is 18.2 Å². The van der Waals surface area contributed by atoms with E-state index in [4.69, 9.17) is 27.8 Å². The molecule has 2 amide bonds. The second-order valence-electron chi connectivity index (χ2n) is 7.37. The lowest BCUT2D eigenvalue weighted by Gasteiger charge is -2.27. The molecule has 1 saturated heterocycles. The van der Waals surface area contributed by atoms with E-state index in [9.17, 15) is 9.59 Å². The highest BCUT2D eigenvalue weighted by molar-refractivity contribution is 6.33. The van der Waals surface area contributed by atoms with Crippen LogP contribution in [-0.4, -0.2) is 46.7 Å². The Hall–Kier alpha value is -3.18. The van der Waals surface area contributed by atoms with Gasteiger partial charge in [0, 0.05) is 18.7 Å². The third-order valence-electron chi connectivity index (χ3n) is 5.42. The minimum absolute atomic E-state index is 0.0154. The average Bonchev–Trinajstić information content (AvgIpc) is 3.05. The molecule has 1 aromatic heterocycles. The van der Waals surface area contributed by atoms with Gasteiger partial charge < -0.3 is 21.1 Å². The van der Waals surface area contributed by atoms with Gasteiger partial charge >= 0.3 is 0 Å². The molecule has 31 heavy (non-hydrogen) atoms. The molecule has 1 aliphatic rings. The number of amides is 2. The van der Waals surface area contributed by atoms with Crippen LogP contribution in [0.3, 0.4) is 0 Å². The first-order valence-corrected chi connectivity index (χ1v) is 10.5. The zero-order valence-corrected chi connectivity index (χ0v) is 18.4. The highest BCUT2D eigenvalue weighted by Gasteiger charge is 2.27. The standard InChI is InChI=1S/C22H26ClN5O3/c1-3-6-18(29)27-11-4-7-14(8-5-12-27)28-21(24)19(22(25)30)20(26-28)16-10-9-15(31-2)13-17(16)23/h9-10,13-14H,4-5,7-8,11-12,24H2,1-2H3,(H2,25,30). The number of nitrogen functional groups attached to an aromatic ring is 1. The number of aromatic nitrogens is 2. The predicted octanol–water partition coefficient (Wildman–Crippen LogP) is 2.86. The van der Waals surface area contributed by atoms with Crippen LogP contribution in [-0.2, 0) is 4.79 Å². The van der Waals surface area contributed by atoms with Crippen LogP contribution in [0.15, 0.2) is 18.2 Å². The molecule has 3 rings (SSSR count). The SMILES string of the molecule is CC#CC(=O)N1CCCC(n2nc(-c3ccc(OC)cc3Cl)c(C(N)=O)c2N)CCC1. The van der Waals surface area contributed by atoms with Gasteiger partial charge in [-0.2, -0.15) is 5.10 Å². The number of nitrogens with two attached hydrogens (primary N) is 2. The number of anilines is 1. The van der Waals surface area contributed by atoms with Crippen LogP contribution in [0.4, 0.5) is 5.82 Å². The molecule has 164 valence electrons. The number of primary amides is 1. The van der Waals surface area contributed by atoms with E-state index in [1.165, 1.54) is 0 Å². The summed E-state index contributed by atoms with van der Waals surface area (Å²) < 4.78 is 6.87. The Bertz CT molecular complexity index is 1040. The molecule has 8 nitrogen and oxygen atoms in total. The third-order valence-corrected chi connectivity index (χ3v) is 5.73. The molecule has 0 aliphatic carbocycles. The largest absolute Gasteiger partial charge is 0.497 e. The minimum Gasteiger partial charge on any atom is -0.497 e. The van der Waals surface area contributed by atoms with Crippen molar-refractivity contribution in [3.8, 4) is 28.8 Å². The lowest BCUT2D eigenvalue weighted by molar-refractivity contribution is -0.125. The van der Waals surface area contributed by atoms with Crippen molar-refractivity contribution in [3.05, 3.63) is 28.8 Å². The normalized spacial score (nSPS) is 14.9. The molecule has 0 spiro atoms. The average molecular weight is 444 g/mol. The van der Waals surface area contributed by atoms with Gasteiger partial charge in [0.25, 0.3) is 11.8 Å². The summed E-state index contributed by atoms with van der Waals surface area (Å²) in [7, 11) is 1.55. The zero-order chi connectivity index (χ0) is 22.5. The summed E-state index contributed by atoms with van der Waals surface area (Å²) in [5.74, 6) is 5.26. The van der Waals surface area contributed by atoms with Gasteiger partial charge in [-0.1, -0.05) is 17.5 Å². The second-order valence-corrected chi connectivity index (χ2v) is 7.78. The quantitative estimate of drug-likeness (QED) is 0.704. The number of carbonyl (C=O) groups is 2. The lowest BCUT2D eigenvalue weighted by Crippen LogP contribution is -2.34. The van der Waals surface area contributed by atoms with Gasteiger partial charge in [0.1, 0.15) is 22.8 Å². The van der Waals surface area contributed by atoms with Crippen molar-refractivity contribution in [2.24, 2.45) is 5.73 Å². The van der Waals surface area contributed by atoms with Crippen molar-refractivity contribution in [2.75, 3.05) is 25.9 Å². The molecule has 0 radical (unpaired) electrons. The molecule has 1 aliphatic heterocycles. The van der Waals surface area contributed by atoms with Crippen molar-refractivity contribution in [1.82, 2.24) is 14.7 Å². The molecule has 1 fully saturated rings. The van der Waals surface area contributed by atoms with E-state index in [0.29, 0.717) is 35.1 Å². The van der Waals surface area contributed by atoms with Gasteiger partial charge in [-0.25, -0.2) is 4.68 Å². The molecule has 4 N–H and O–H groups in total. The van der Waals surface area contributed by atoms with Gasteiger partial charge in [-0.15, -0.1) is 0 Å². The number of hydrogen-bond donors (Lipinski definition) is 2. The van der Waals surface area contributed by atoms with Crippen LogP contribution in [0.5, 0.6) is 5.75 Å². The number of nitrogens with zero attached hydrogens (tertiary/aromatic N) is 3. The van der Waals surface area contributed by atoms with Crippen molar-refractivity contribution < 1.29 is 14.3 Å². The molecule has 2 heterocycles. The molecule has 0 saturated carbocycles. The van der Waals surface area contributed by atoms with E-state index in [1.54, 1.807) is 41.8 Å². The van der Waals surface area contributed by atoms with E-state index in [1.807, 2.05) is 0 Å². The number of methoxy groups -OCH3 is 1.